The second-order valence-corrected chi connectivity index (χ2v) is 9.25. The second kappa shape index (κ2) is 8.49. The first-order chi connectivity index (χ1) is 14.5. The van der Waals surface area contributed by atoms with Crippen LogP contribution in [0.5, 0.6) is 0 Å². The van der Waals surface area contributed by atoms with E-state index in [1.165, 1.54) is 12.1 Å². The van der Waals surface area contributed by atoms with Crippen LogP contribution in [0.3, 0.4) is 0 Å². The Balaban J connectivity index is 2.07. The molecule has 2 aromatic carbocycles. The van der Waals surface area contributed by atoms with Crippen LogP contribution in [-0.2, 0) is 0 Å². The summed E-state index contributed by atoms with van der Waals surface area (Å²) in [5.74, 6) is -1.99. The van der Waals surface area contributed by atoms with E-state index in [0.717, 1.165) is 18.9 Å². The van der Waals surface area contributed by atoms with Gasteiger partial charge in [-0.05, 0) is 66.1 Å². The summed E-state index contributed by atoms with van der Waals surface area (Å²) in [5.41, 5.74) is 6.96. The lowest BCUT2D eigenvalue weighted by Crippen LogP contribution is -2.32. The van der Waals surface area contributed by atoms with Gasteiger partial charge in [-0.1, -0.05) is 26.8 Å². The van der Waals surface area contributed by atoms with Crippen molar-refractivity contribution in [3.8, 4) is 11.1 Å². The van der Waals surface area contributed by atoms with Gasteiger partial charge in [0.2, 0.25) is 5.91 Å². The normalized spacial score (nSPS) is 13.6. The van der Waals surface area contributed by atoms with Gasteiger partial charge >= 0.3 is 0 Å². The number of nitrogens with one attached hydrogen (secondary N) is 2. The molecule has 0 heterocycles. The molecule has 31 heavy (non-hydrogen) atoms. The maximum absolute atomic E-state index is 14.5. The number of carbonyl (C=O) groups is 3. The third kappa shape index (κ3) is 5.48. The number of carbonyl (C=O) groups excluding carboxylic acids is 3. The van der Waals surface area contributed by atoms with E-state index >= 15 is 0 Å². The zero-order chi connectivity index (χ0) is 22.9. The van der Waals surface area contributed by atoms with Gasteiger partial charge in [0.1, 0.15) is 5.82 Å². The zero-order valence-corrected chi connectivity index (χ0v) is 18.3. The van der Waals surface area contributed by atoms with Gasteiger partial charge in [-0.25, -0.2) is 4.39 Å². The van der Waals surface area contributed by atoms with E-state index in [1.54, 1.807) is 19.1 Å². The lowest BCUT2D eigenvalue weighted by atomic mass is 9.91. The molecule has 0 saturated heterocycles. The van der Waals surface area contributed by atoms with Gasteiger partial charge in [0.25, 0.3) is 11.8 Å². The molecule has 6 nitrogen and oxygen atoms in total. The molecule has 4 N–H and O–H groups in total. The van der Waals surface area contributed by atoms with E-state index in [0.29, 0.717) is 23.2 Å². The van der Waals surface area contributed by atoms with E-state index in [9.17, 15) is 18.8 Å². The number of halogens is 1. The van der Waals surface area contributed by atoms with Crippen LogP contribution in [0.1, 0.15) is 70.3 Å². The van der Waals surface area contributed by atoms with Crippen LogP contribution >= 0.6 is 0 Å². The highest BCUT2D eigenvalue weighted by Crippen LogP contribution is 2.31. The molecular weight excluding hydrogens is 397 g/mol. The highest BCUT2D eigenvalue weighted by molar-refractivity contribution is 6.05. The summed E-state index contributed by atoms with van der Waals surface area (Å²) < 4.78 is 14.5. The number of hydrogen-bond acceptors (Lipinski definition) is 3. The predicted octanol–water partition coefficient (Wildman–Crippen LogP) is 3.57. The van der Waals surface area contributed by atoms with E-state index in [-0.39, 0.29) is 40.0 Å². The van der Waals surface area contributed by atoms with Gasteiger partial charge in [0.15, 0.2) is 0 Å². The largest absolute Gasteiger partial charge is 0.366 e. The molecule has 164 valence electrons. The molecule has 1 saturated carbocycles. The molecule has 2 aromatic rings. The molecule has 3 rings (SSSR count). The number of hydrogen-bond donors (Lipinski definition) is 3. The quantitative estimate of drug-likeness (QED) is 0.659. The molecule has 0 spiro atoms. The molecule has 0 bridgehead atoms. The second-order valence-electron chi connectivity index (χ2n) is 9.25. The Kier molecular flexibility index (Phi) is 6.15. The molecule has 3 amide bonds. The third-order valence-corrected chi connectivity index (χ3v) is 5.14. The molecule has 0 radical (unpaired) electrons. The minimum absolute atomic E-state index is 0.0126. The molecule has 0 aromatic heterocycles. The van der Waals surface area contributed by atoms with Crippen molar-refractivity contribution in [3.63, 3.8) is 0 Å². The SMILES string of the molecule is Cc1c(F)cc(C(N)=O)cc1-c1ccc(C(=O)NCC(C)(C)C)cc1C(=O)NC1CC1. The van der Waals surface area contributed by atoms with Crippen LogP contribution < -0.4 is 16.4 Å². The number of benzene rings is 2. The molecule has 0 aliphatic heterocycles. The first kappa shape index (κ1) is 22.5. The van der Waals surface area contributed by atoms with Crippen molar-refractivity contribution >= 4 is 17.7 Å². The lowest BCUT2D eigenvalue weighted by molar-refractivity contribution is 0.0938. The van der Waals surface area contributed by atoms with Crippen LogP contribution in [0, 0.1) is 18.2 Å². The first-order valence-corrected chi connectivity index (χ1v) is 10.3. The minimum atomic E-state index is -0.762. The van der Waals surface area contributed by atoms with Crippen LogP contribution in [0.25, 0.3) is 11.1 Å². The fraction of sp³-hybridized carbons (Fsp3) is 0.375. The van der Waals surface area contributed by atoms with Crippen molar-refractivity contribution in [1.29, 1.82) is 0 Å². The summed E-state index contributed by atoms with van der Waals surface area (Å²) >= 11 is 0. The Labute approximate surface area is 181 Å². The van der Waals surface area contributed by atoms with Gasteiger partial charge in [0, 0.05) is 29.3 Å². The standard InChI is InChI=1S/C24H28FN3O3/c1-13-18(10-15(21(26)29)11-20(13)25)17-8-5-14(22(30)27-12-24(2,3)4)9-19(17)23(31)28-16-6-7-16/h5,8-11,16H,6-7,12H2,1-4H3,(H2,26,29)(H,27,30)(H,28,31). The molecule has 1 fully saturated rings. The monoisotopic (exact) mass is 425 g/mol. The van der Waals surface area contributed by atoms with Crippen LogP contribution in [0.2, 0.25) is 0 Å². The van der Waals surface area contributed by atoms with Gasteiger partial charge in [-0.15, -0.1) is 0 Å². The van der Waals surface area contributed by atoms with Crippen molar-refractivity contribution in [2.75, 3.05) is 6.54 Å². The molecule has 1 aliphatic carbocycles. The van der Waals surface area contributed by atoms with Gasteiger partial charge in [0.05, 0.1) is 0 Å². The molecule has 1 aliphatic rings. The van der Waals surface area contributed by atoms with Gasteiger partial charge in [-0.2, -0.15) is 0 Å². The van der Waals surface area contributed by atoms with Crippen molar-refractivity contribution in [1.82, 2.24) is 10.6 Å². The summed E-state index contributed by atoms with van der Waals surface area (Å²) in [6, 6.07) is 7.38. The molecular formula is C24H28FN3O3. The summed E-state index contributed by atoms with van der Waals surface area (Å²) in [6.45, 7) is 8.07. The van der Waals surface area contributed by atoms with Crippen molar-refractivity contribution in [2.24, 2.45) is 11.1 Å². The van der Waals surface area contributed by atoms with E-state index in [2.05, 4.69) is 10.6 Å². The van der Waals surface area contributed by atoms with Crippen LogP contribution in [-0.4, -0.2) is 30.3 Å². The fourth-order valence-electron chi connectivity index (χ4n) is 3.15. The van der Waals surface area contributed by atoms with E-state index in [4.69, 9.17) is 5.73 Å². The Morgan fingerprint density at radius 3 is 2.29 bits per heavy atom. The highest BCUT2D eigenvalue weighted by Gasteiger charge is 2.26. The average molecular weight is 426 g/mol. The van der Waals surface area contributed by atoms with E-state index < -0.39 is 11.7 Å². The van der Waals surface area contributed by atoms with Crippen molar-refractivity contribution in [2.45, 2.75) is 46.6 Å². The topological polar surface area (TPSA) is 101 Å². The summed E-state index contributed by atoms with van der Waals surface area (Å²) in [6.07, 6.45) is 1.80. The number of primary amides is 1. The lowest BCUT2D eigenvalue weighted by Gasteiger charge is -2.19. The number of amides is 3. The predicted molar refractivity (Wildman–Crippen MR) is 117 cm³/mol. The number of rotatable bonds is 6. The summed E-state index contributed by atoms with van der Waals surface area (Å²) in [7, 11) is 0. The Morgan fingerprint density at radius 1 is 1.03 bits per heavy atom. The molecule has 7 heteroatoms. The highest BCUT2D eigenvalue weighted by atomic mass is 19.1. The fourth-order valence-corrected chi connectivity index (χ4v) is 3.15. The van der Waals surface area contributed by atoms with Gasteiger partial charge < -0.3 is 16.4 Å². The first-order valence-electron chi connectivity index (χ1n) is 10.3. The smallest absolute Gasteiger partial charge is 0.252 e. The van der Waals surface area contributed by atoms with Crippen LogP contribution in [0.4, 0.5) is 4.39 Å². The van der Waals surface area contributed by atoms with Crippen molar-refractivity contribution < 1.29 is 18.8 Å². The average Bonchev–Trinajstić information content (AvgIpc) is 3.51. The number of nitrogens with two attached hydrogens (primary N) is 1. The van der Waals surface area contributed by atoms with Crippen LogP contribution in [0.15, 0.2) is 30.3 Å². The summed E-state index contributed by atoms with van der Waals surface area (Å²) in [4.78, 5) is 37.3. The van der Waals surface area contributed by atoms with Crippen molar-refractivity contribution in [3.05, 3.63) is 58.4 Å². The third-order valence-electron chi connectivity index (χ3n) is 5.14. The van der Waals surface area contributed by atoms with Gasteiger partial charge in [-0.3, -0.25) is 14.4 Å². The maximum Gasteiger partial charge on any atom is 0.252 e. The minimum Gasteiger partial charge on any atom is -0.366 e. The molecule has 0 unspecified atom stereocenters. The Hall–Kier alpha value is -3.22. The van der Waals surface area contributed by atoms with E-state index in [1.807, 2.05) is 20.8 Å². The summed E-state index contributed by atoms with van der Waals surface area (Å²) in [5, 5.41) is 5.79. The molecule has 0 atom stereocenters. The Bertz CT molecular complexity index is 1050. The maximum atomic E-state index is 14.5. The zero-order valence-electron chi connectivity index (χ0n) is 18.3. The Morgan fingerprint density at radius 2 is 1.71 bits per heavy atom.